The Morgan fingerprint density at radius 3 is 2.57 bits per heavy atom. The third kappa shape index (κ3) is 3.82. The maximum Gasteiger partial charge on any atom is 0.270 e. The monoisotopic (exact) mass is 447 g/mol. The van der Waals surface area contributed by atoms with Crippen LogP contribution in [0.2, 0.25) is 0 Å². The van der Waals surface area contributed by atoms with Gasteiger partial charge in [-0.3, -0.25) is 20.2 Å². The number of nitrogens with zero attached hydrogens (tertiary/aromatic N) is 2. The maximum absolute atomic E-state index is 12.7. The summed E-state index contributed by atoms with van der Waals surface area (Å²) in [4.78, 5) is 26.4. The minimum Gasteiger partial charge on any atom is -0.485 e. The Hall–Kier alpha value is -3.51. The normalized spacial score (nSPS) is 15.4. The van der Waals surface area contributed by atoms with Gasteiger partial charge in [0.2, 0.25) is 15.9 Å². The zero-order valence-corrected chi connectivity index (χ0v) is 16.7. The number of nitrogens with one attached hydrogen (secondary N) is 1. The van der Waals surface area contributed by atoms with Gasteiger partial charge in [0.05, 0.1) is 16.0 Å². The van der Waals surface area contributed by atoms with Crippen LogP contribution >= 0.6 is 11.3 Å². The summed E-state index contributed by atoms with van der Waals surface area (Å²) < 4.78 is 36.4. The molecule has 2 heterocycles. The van der Waals surface area contributed by atoms with Crippen LogP contribution in [0.5, 0.6) is 11.5 Å². The minimum atomic E-state index is -3.94. The predicted molar refractivity (Wildman–Crippen MR) is 106 cm³/mol. The smallest absolute Gasteiger partial charge is 0.270 e. The number of amides is 1. The van der Waals surface area contributed by atoms with Crippen molar-refractivity contribution in [2.75, 3.05) is 11.9 Å². The fraction of sp³-hybridized carbons (Fsp3) is 0.111. The third-order valence-corrected chi connectivity index (χ3v) is 7.28. The third-order valence-electron chi connectivity index (χ3n) is 4.14. The number of thiazole rings is 1. The van der Waals surface area contributed by atoms with Crippen LogP contribution in [0.25, 0.3) is 0 Å². The van der Waals surface area contributed by atoms with Crippen molar-refractivity contribution >= 4 is 37.9 Å². The van der Waals surface area contributed by atoms with Gasteiger partial charge in [-0.25, -0.2) is 13.4 Å². The van der Waals surface area contributed by atoms with Crippen molar-refractivity contribution in [3.8, 4) is 11.5 Å². The number of rotatable bonds is 5. The molecule has 0 radical (unpaired) electrons. The van der Waals surface area contributed by atoms with E-state index in [9.17, 15) is 23.3 Å². The summed E-state index contributed by atoms with van der Waals surface area (Å²) in [6.45, 7) is 0.00216. The number of carbonyl (C=O) groups is 1. The first-order valence-electron chi connectivity index (χ1n) is 8.49. The van der Waals surface area contributed by atoms with Gasteiger partial charge in [-0.1, -0.05) is 23.5 Å². The Kier molecular flexibility index (Phi) is 5.10. The van der Waals surface area contributed by atoms with E-state index >= 15 is 0 Å². The highest BCUT2D eigenvalue weighted by molar-refractivity contribution is 7.93. The molecule has 1 atom stereocenters. The van der Waals surface area contributed by atoms with E-state index in [4.69, 9.17) is 9.47 Å². The average molecular weight is 447 g/mol. The molecule has 3 aromatic rings. The fourth-order valence-corrected chi connectivity index (χ4v) is 5.07. The number of non-ortho nitro benzene ring substituents is 1. The first-order chi connectivity index (χ1) is 14.3. The Labute approximate surface area is 174 Å². The lowest BCUT2D eigenvalue weighted by Crippen LogP contribution is -2.40. The lowest BCUT2D eigenvalue weighted by atomic mass is 10.2. The fourth-order valence-electron chi connectivity index (χ4n) is 2.64. The van der Waals surface area contributed by atoms with Gasteiger partial charge in [-0.05, 0) is 24.3 Å². The van der Waals surface area contributed by atoms with Crippen LogP contribution < -0.4 is 14.8 Å². The molecule has 0 saturated carbocycles. The highest BCUT2D eigenvalue weighted by Crippen LogP contribution is 2.32. The van der Waals surface area contributed by atoms with Crippen molar-refractivity contribution in [1.29, 1.82) is 0 Å². The van der Waals surface area contributed by atoms with Gasteiger partial charge in [-0.15, -0.1) is 0 Å². The number of hydrogen-bond donors (Lipinski definition) is 1. The zero-order valence-electron chi connectivity index (χ0n) is 15.0. The highest BCUT2D eigenvalue weighted by atomic mass is 32.2. The largest absolute Gasteiger partial charge is 0.485 e. The summed E-state index contributed by atoms with van der Waals surface area (Å²) in [5.74, 6) is 0.440. The molecule has 0 fully saturated rings. The second-order valence-corrected chi connectivity index (χ2v) is 9.30. The topological polar surface area (TPSA) is 138 Å². The number of ether oxygens (including phenoxy) is 2. The molecule has 4 rings (SSSR count). The van der Waals surface area contributed by atoms with Gasteiger partial charge in [0, 0.05) is 12.1 Å². The molecule has 10 nitrogen and oxygen atoms in total. The number of aromatic nitrogens is 1. The van der Waals surface area contributed by atoms with Gasteiger partial charge in [0.25, 0.3) is 11.6 Å². The number of anilines is 1. The second kappa shape index (κ2) is 7.72. The molecule has 0 bridgehead atoms. The average Bonchev–Trinajstić information content (AvgIpc) is 3.22. The Morgan fingerprint density at radius 1 is 1.17 bits per heavy atom. The molecule has 1 aromatic heterocycles. The lowest BCUT2D eigenvalue weighted by Gasteiger charge is -2.25. The molecule has 0 unspecified atom stereocenters. The van der Waals surface area contributed by atoms with E-state index in [1.807, 2.05) is 0 Å². The number of nitro benzene ring substituents is 1. The molecule has 1 aliphatic heterocycles. The standard InChI is InChI=1S/C18H13N3O7S2/c22-17(15-10-27-13-3-1-2-4-14(13)28-15)20-18-19-9-16(29-18)30(25,26)12-7-5-11(6-8-12)21(23)24/h1-9,15H,10H2,(H,19,20,22)/t15-/m1/s1. The van der Waals surface area contributed by atoms with Crippen molar-refractivity contribution in [3.63, 3.8) is 0 Å². The number of para-hydroxylation sites is 2. The van der Waals surface area contributed by atoms with Crippen molar-refractivity contribution in [2.24, 2.45) is 0 Å². The van der Waals surface area contributed by atoms with Gasteiger partial charge in [-0.2, -0.15) is 0 Å². The van der Waals surface area contributed by atoms with Crippen LogP contribution in [0, 0.1) is 10.1 Å². The van der Waals surface area contributed by atoms with Crippen molar-refractivity contribution < 1.29 is 27.6 Å². The first kappa shape index (κ1) is 19.8. The maximum atomic E-state index is 12.7. The quantitative estimate of drug-likeness (QED) is 0.465. The molecule has 30 heavy (non-hydrogen) atoms. The molecule has 1 N–H and O–H groups in total. The predicted octanol–water partition coefficient (Wildman–Crippen LogP) is 2.66. The Balaban J connectivity index is 1.47. The van der Waals surface area contributed by atoms with E-state index in [0.29, 0.717) is 11.5 Å². The van der Waals surface area contributed by atoms with E-state index in [1.165, 1.54) is 0 Å². The highest BCUT2D eigenvalue weighted by Gasteiger charge is 2.29. The molecule has 12 heteroatoms. The van der Waals surface area contributed by atoms with Crippen LogP contribution in [0.15, 0.2) is 63.8 Å². The van der Waals surface area contributed by atoms with Crippen molar-refractivity contribution in [3.05, 3.63) is 64.8 Å². The number of carbonyl (C=O) groups excluding carboxylic acids is 1. The minimum absolute atomic E-state index is 0.00216. The van der Waals surface area contributed by atoms with Gasteiger partial charge in [0.1, 0.15) is 10.8 Å². The summed E-state index contributed by atoms with van der Waals surface area (Å²) in [7, 11) is -3.94. The van der Waals surface area contributed by atoms with E-state index in [1.54, 1.807) is 24.3 Å². The van der Waals surface area contributed by atoms with Crippen LogP contribution in [0.3, 0.4) is 0 Å². The number of nitro groups is 1. The number of hydrogen-bond acceptors (Lipinski definition) is 9. The van der Waals surface area contributed by atoms with Gasteiger partial charge in [0.15, 0.2) is 16.6 Å². The Morgan fingerprint density at radius 2 is 1.87 bits per heavy atom. The summed E-state index contributed by atoms with van der Waals surface area (Å²) in [5.41, 5.74) is -0.220. The lowest BCUT2D eigenvalue weighted by molar-refractivity contribution is -0.384. The molecule has 0 spiro atoms. The molecular weight excluding hydrogens is 434 g/mol. The van der Waals surface area contributed by atoms with Gasteiger partial charge >= 0.3 is 0 Å². The van der Waals surface area contributed by atoms with Crippen LogP contribution in [-0.2, 0) is 14.6 Å². The summed E-state index contributed by atoms with van der Waals surface area (Å²) in [6.07, 6.45) is 0.198. The number of sulfone groups is 1. The molecule has 1 aliphatic rings. The first-order valence-corrected chi connectivity index (χ1v) is 10.8. The Bertz CT molecular complexity index is 1220. The van der Waals surface area contributed by atoms with E-state index in [2.05, 4.69) is 10.3 Å². The molecule has 2 aromatic carbocycles. The molecular formula is C18H13N3O7S2. The summed E-state index contributed by atoms with van der Waals surface area (Å²) in [5, 5.41) is 13.3. The van der Waals surface area contributed by atoms with Gasteiger partial charge < -0.3 is 9.47 Å². The molecule has 0 saturated heterocycles. The van der Waals surface area contributed by atoms with Crippen LogP contribution in [0.1, 0.15) is 0 Å². The number of fused-ring (bicyclic) bond motifs is 1. The summed E-state index contributed by atoms with van der Waals surface area (Å²) in [6, 6.07) is 11.4. The number of benzene rings is 2. The van der Waals surface area contributed by atoms with E-state index in [-0.39, 0.29) is 26.5 Å². The van der Waals surface area contributed by atoms with Crippen molar-refractivity contribution in [2.45, 2.75) is 15.2 Å². The summed E-state index contributed by atoms with van der Waals surface area (Å²) >= 11 is 0.762. The molecule has 1 amide bonds. The molecule has 154 valence electrons. The van der Waals surface area contributed by atoms with E-state index < -0.39 is 26.8 Å². The molecule has 0 aliphatic carbocycles. The SMILES string of the molecule is O=C(Nc1ncc(S(=O)(=O)c2ccc([N+](=O)[O-])cc2)s1)[C@H]1COc2ccccc2O1. The second-order valence-electron chi connectivity index (χ2n) is 6.09. The van der Waals surface area contributed by atoms with Crippen LogP contribution in [0.4, 0.5) is 10.8 Å². The zero-order chi connectivity index (χ0) is 21.3. The van der Waals surface area contributed by atoms with E-state index in [0.717, 1.165) is 41.8 Å². The van der Waals surface area contributed by atoms with Crippen LogP contribution in [-0.4, -0.2) is 36.9 Å². The van der Waals surface area contributed by atoms with Crippen molar-refractivity contribution in [1.82, 2.24) is 4.98 Å².